The van der Waals surface area contributed by atoms with Crippen LogP contribution in [0.2, 0.25) is 0 Å². The lowest BCUT2D eigenvalue weighted by Gasteiger charge is -2.51. The van der Waals surface area contributed by atoms with Gasteiger partial charge < -0.3 is 20.3 Å². The highest BCUT2D eigenvalue weighted by molar-refractivity contribution is 5.99. The summed E-state index contributed by atoms with van der Waals surface area (Å²) in [6.45, 7) is 6.89. The second kappa shape index (κ2) is 14.3. The van der Waals surface area contributed by atoms with Crippen molar-refractivity contribution in [2.75, 3.05) is 6.54 Å². The van der Waals surface area contributed by atoms with Crippen molar-refractivity contribution in [1.29, 1.82) is 0 Å². The van der Waals surface area contributed by atoms with Crippen molar-refractivity contribution < 1.29 is 37.1 Å². The van der Waals surface area contributed by atoms with Gasteiger partial charge in [-0.25, -0.2) is 0 Å². The van der Waals surface area contributed by atoms with Gasteiger partial charge in [-0.2, -0.15) is 13.2 Å². The number of amides is 3. The molecule has 0 aromatic heterocycles. The van der Waals surface area contributed by atoms with Gasteiger partial charge in [0.1, 0.15) is 11.6 Å². The molecular weight excluding hydrogens is 635 g/mol. The van der Waals surface area contributed by atoms with Crippen molar-refractivity contribution in [2.24, 2.45) is 11.8 Å². The van der Waals surface area contributed by atoms with Gasteiger partial charge in [-0.1, -0.05) is 84.9 Å². The molecule has 8 nitrogen and oxygen atoms in total. The largest absolute Gasteiger partial charge is 0.460 e. The van der Waals surface area contributed by atoms with Gasteiger partial charge in [0.15, 0.2) is 0 Å². The van der Waals surface area contributed by atoms with Gasteiger partial charge in [0.05, 0.1) is 35.9 Å². The highest BCUT2D eigenvalue weighted by Gasteiger charge is 2.59. The number of alkyl halides is 3. The van der Waals surface area contributed by atoms with Crippen molar-refractivity contribution >= 4 is 29.8 Å². The fraction of sp³-hybridized carbons (Fsp3) is 0.368. The summed E-state index contributed by atoms with van der Waals surface area (Å²) in [5.74, 6) is -4.14. The summed E-state index contributed by atoms with van der Waals surface area (Å²) in [6.07, 6.45) is -1.53. The minimum absolute atomic E-state index is 0.195. The van der Waals surface area contributed by atoms with Crippen molar-refractivity contribution in [3.63, 3.8) is 0 Å². The summed E-state index contributed by atoms with van der Waals surface area (Å²) in [5.41, 5.74) is 0.151. The summed E-state index contributed by atoms with van der Waals surface area (Å²) in [6, 6.07) is 20.3. The number of rotatable bonds is 10. The van der Waals surface area contributed by atoms with E-state index in [1.165, 1.54) is 24.0 Å². The second-order valence-corrected chi connectivity index (χ2v) is 13.5. The minimum atomic E-state index is -4.58. The van der Waals surface area contributed by atoms with Crippen LogP contribution >= 0.6 is 0 Å². The Bertz CT molecular complexity index is 1700. The predicted molar refractivity (Wildman–Crippen MR) is 178 cm³/mol. The monoisotopic (exact) mass is 675 g/mol. The topological polar surface area (TPSA) is 105 Å². The molecule has 0 saturated carbocycles. The maximum absolute atomic E-state index is 14.3. The maximum atomic E-state index is 14.3. The number of likely N-dealkylation sites (tertiary alicyclic amines) is 1. The van der Waals surface area contributed by atoms with Gasteiger partial charge in [0.25, 0.3) is 0 Å². The highest BCUT2D eigenvalue weighted by atomic mass is 19.4. The van der Waals surface area contributed by atoms with Gasteiger partial charge in [-0.05, 0) is 56.5 Å². The predicted octanol–water partition coefficient (Wildman–Crippen LogP) is 6.05. The molecule has 0 radical (unpaired) electrons. The molecule has 3 aromatic rings. The Morgan fingerprint density at radius 2 is 1.61 bits per heavy atom. The molecule has 0 spiro atoms. The Hall–Kier alpha value is -4.93. The van der Waals surface area contributed by atoms with Crippen LogP contribution in [0.4, 0.5) is 13.2 Å². The van der Waals surface area contributed by atoms with E-state index in [2.05, 4.69) is 10.6 Å². The zero-order valence-electron chi connectivity index (χ0n) is 27.7. The number of ether oxygens (including phenoxy) is 1. The first-order valence-corrected chi connectivity index (χ1v) is 16.2. The van der Waals surface area contributed by atoms with Gasteiger partial charge in [0.2, 0.25) is 17.7 Å². The second-order valence-electron chi connectivity index (χ2n) is 13.5. The smallest absolute Gasteiger partial charge is 0.416 e. The van der Waals surface area contributed by atoms with E-state index in [9.17, 15) is 32.3 Å². The molecular formula is C38H40F3N3O5. The number of nitrogens with one attached hydrogen (secondary N) is 2. The van der Waals surface area contributed by atoms with Gasteiger partial charge >= 0.3 is 12.1 Å². The molecule has 49 heavy (non-hydrogen) atoms. The molecule has 0 aliphatic carbocycles. The zero-order chi connectivity index (χ0) is 35.5. The van der Waals surface area contributed by atoms with E-state index >= 15 is 0 Å². The van der Waals surface area contributed by atoms with Crippen molar-refractivity contribution in [1.82, 2.24) is 15.5 Å². The molecule has 1 unspecified atom stereocenters. The Labute approximate surface area is 283 Å². The van der Waals surface area contributed by atoms with E-state index in [1.54, 1.807) is 32.9 Å². The average molecular weight is 676 g/mol. The number of carbonyl (C=O) groups excluding carboxylic acids is 4. The minimum Gasteiger partial charge on any atom is -0.460 e. The van der Waals surface area contributed by atoms with Gasteiger partial charge in [-0.15, -0.1) is 0 Å². The molecule has 2 aliphatic rings. The zero-order valence-corrected chi connectivity index (χ0v) is 27.7. The number of esters is 1. The van der Waals surface area contributed by atoms with E-state index in [-0.39, 0.29) is 17.4 Å². The van der Waals surface area contributed by atoms with E-state index in [1.807, 2.05) is 60.7 Å². The molecule has 2 heterocycles. The van der Waals surface area contributed by atoms with Gasteiger partial charge in [0, 0.05) is 12.5 Å². The molecule has 0 bridgehead atoms. The summed E-state index contributed by atoms with van der Waals surface area (Å²) >= 11 is 0. The molecule has 2 fully saturated rings. The van der Waals surface area contributed by atoms with Crippen LogP contribution in [0.25, 0.3) is 6.08 Å². The normalized spacial score (nSPS) is 22.3. The Balaban J connectivity index is 1.50. The Morgan fingerprint density at radius 3 is 2.24 bits per heavy atom. The average Bonchev–Trinajstić information content (AvgIpc) is 3.42. The van der Waals surface area contributed by atoms with Crippen LogP contribution in [0.1, 0.15) is 68.3 Å². The summed E-state index contributed by atoms with van der Waals surface area (Å²) in [7, 11) is 0. The number of hydrogen-bond acceptors (Lipinski definition) is 5. The Kier molecular flexibility index (Phi) is 10.3. The molecule has 2 N–H and O–H groups in total. The van der Waals surface area contributed by atoms with Crippen molar-refractivity contribution in [3.8, 4) is 0 Å². The summed E-state index contributed by atoms with van der Waals surface area (Å²) in [5, 5.41) is 5.62. The molecule has 3 amide bonds. The lowest BCUT2D eigenvalue weighted by atomic mass is 9.70. The van der Waals surface area contributed by atoms with E-state index in [4.69, 9.17) is 4.74 Å². The number of halogens is 3. The third-order valence-corrected chi connectivity index (χ3v) is 8.85. The molecule has 258 valence electrons. The maximum Gasteiger partial charge on any atom is 0.416 e. The number of β-lactam (4-membered cyclic amide) rings is 1. The third-order valence-electron chi connectivity index (χ3n) is 8.85. The van der Waals surface area contributed by atoms with Crippen molar-refractivity contribution in [3.05, 3.63) is 113 Å². The lowest BCUT2D eigenvalue weighted by molar-refractivity contribution is -0.171. The first kappa shape index (κ1) is 35.4. The number of hydrogen-bond donors (Lipinski definition) is 2. The molecule has 5 rings (SSSR count). The van der Waals surface area contributed by atoms with Crippen LogP contribution in [-0.4, -0.2) is 52.8 Å². The van der Waals surface area contributed by atoms with Crippen LogP contribution in [-0.2, 0) is 30.1 Å². The molecule has 6 atom stereocenters. The van der Waals surface area contributed by atoms with E-state index in [0.717, 1.165) is 23.3 Å². The molecule has 2 aliphatic heterocycles. The van der Waals surface area contributed by atoms with E-state index < -0.39 is 71.5 Å². The van der Waals surface area contributed by atoms with Crippen molar-refractivity contribution in [2.45, 2.75) is 69.9 Å². The number of benzene rings is 3. The Morgan fingerprint density at radius 1 is 0.959 bits per heavy atom. The first-order valence-electron chi connectivity index (χ1n) is 16.2. The first-order chi connectivity index (χ1) is 23.1. The highest BCUT2D eigenvalue weighted by Crippen LogP contribution is 2.45. The van der Waals surface area contributed by atoms with E-state index in [0.29, 0.717) is 6.54 Å². The molecule has 11 heteroatoms. The summed E-state index contributed by atoms with van der Waals surface area (Å²) in [4.78, 5) is 56.2. The quantitative estimate of drug-likeness (QED) is 0.201. The standard InChI is InChI=1S/C38H40F3N3O5/c1-23(26-16-11-17-27(20-26)38(39,40)41)43-34(46)30(21-31(45)49-37(2,3)4)44-29(19-18-24-12-7-5-8-13-24)33(36(44)48)32-28(22-42-35(32)47)25-14-9-6-10-15-25/h5-20,23,28-30,32-33H,21-22H2,1-4H3,(H,42,47)(H,43,46)/t23-,28+,29+,30+,32?,33+/m0/s1. The van der Waals surface area contributed by atoms with Gasteiger partial charge in [-0.3, -0.25) is 19.2 Å². The molecule has 2 saturated heterocycles. The van der Waals surface area contributed by atoms with Crippen LogP contribution in [0, 0.1) is 11.8 Å². The lowest BCUT2D eigenvalue weighted by Crippen LogP contribution is -2.69. The summed E-state index contributed by atoms with van der Waals surface area (Å²) < 4.78 is 45.9. The number of carbonyl (C=O) groups is 4. The fourth-order valence-corrected chi connectivity index (χ4v) is 6.58. The fourth-order valence-electron chi connectivity index (χ4n) is 6.58. The third kappa shape index (κ3) is 8.21. The van der Waals surface area contributed by atoms with Crippen LogP contribution in [0.5, 0.6) is 0 Å². The SMILES string of the molecule is C[C@H](NC(=O)[C@@H](CC(=O)OC(C)(C)C)N1C(=O)[C@@H](C2C(=O)NC[C@@H]2c2ccccc2)[C@H]1C=Cc1ccccc1)c1cccc(C(F)(F)F)c1. The number of nitrogens with zero attached hydrogens (tertiary/aromatic N) is 1. The van der Waals surface area contributed by atoms with Crippen LogP contribution in [0.15, 0.2) is 91.0 Å². The van der Waals surface area contributed by atoms with Crippen LogP contribution < -0.4 is 10.6 Å². The molecule has 3 aromatic carbocycles. The van der Waals surface area contributed by atoms with Crippen LogP contribution in [0.3, 0.4) is 0 Å².